The number of hydrogen-bond acceptors (Lipinski definition) is 2. The first-order valence-electron chi connectivity index (χ1n) is 4.82. The van der Waals surface area contributed by atoms with E-state index in [0.717, 1.165) is 12.0 Å². The van der Waals surface area contributed by atoms with E-state index in [-0.39, 0.29) is 4.91 Å². The summed E-state index contributed by atoms with van der Waals surface area (Å²) in [7, 11) is -3.56. The molecule has 15 heavy (non-hydrogen) atoms. The zero-order valence-electron chi connectivity index (χ0n) is 8.68. The zero-order chi connectivity index (χ0) is 11.3. The van der Waals surface area contributed by atoms with Crippen molar-refractivity contribution in [3.63, 3.8) is 0 Å². The summed E-state index contributed by atoms with van der Waals surface area (Å²) in [5.41, 5.74) is 0.856. The summed E-state index contributed by atoms with van der Waals surface area (Å²) >= 11 is 0. The molecule has 0 unspecified atom stereocenters. The van der Waals surface area contributed by atoms with Crippen molar-refractivity contribution < 1.29 is 8.42 Å². The van der Waals surface area contributed by atoms with E-state index in [1.165, 1.54) is 0 Å². The minimum absolute atomic E-state index is 0.288. The van der Waals surface area contributed by atoms with Gasteiger partial charge in [0, 0.05) is 0 Å². The van der Waals surface area contributed by atoms with Crippen molar-refractivity contribution in [2.75, 3.05) is 0 Å². The SMILES string of the molecule is CCC/C(=C\c1ccccc1)S(N)(=O)=O. The van der Waals surface area contributed by atoms with Crippen LogP contribution in [0.15, 0.2) is 35.2 Å². The Morgan fingerprint density at radius 3 is 2.40 bits per heavy atom. The maximum Gasteiger partial charge on any atom is 0.234 e. The fraction of sp³-hybridized carbons (Fsp3) is 0.273. The Morgan fingerprint density at radius 2 is 1.93 bits per heavy atom. The van der Waals surface area contributed by atoms with Gasteiger partial charge in [0.05, 0.1) is 4.91 Å². The second-order valence-electron chi connectivity index (χ2n) is 3.32. The Kier molecular flexibility index (Phi) is 4.05. The molecule has 0 amide bonds. The van der Waals surface area contributed by atoms with Crippen LogP contribution in [-0.2, 0) is 10.0 Å². The molecule has 1 rings (SSSR count). The molecule has 0 saturated carbocycles. The summed E-state index contributed by atoms with van der Waals surface area (Å²) in [6.07, 6.45) is 2.86. The van der Waals surface area contributed by atoms with Crippen molar-refractivity contribution >= 4 is 16.1 Å². The maximum absolute atomic E-state index is 11.2. The van der Waals surface area contributed by atoms with Crippen LogP contribution in [0.4, 0.5) is 0 Å². The Morgan fingerprint density at radius 1 is 1.33 bits per heavy atom. The Balaban J connectivity index is 3.05. The topological polar surface area (TPSA) is 60.2 Å². The second-order valence-corrected chi connectivity index (χ2v) is 4.93. The van der Waals surface area contributed by atoms with Gasteiger partial charge in [0.1, 0.15) is 0 Å². The molecule has 0 fully saturated rings. The maximum atomic E-state index is 11.2. The van der Waals surface area contributed by atoms with Gasteiger partial charge in [0.15, 0.2) is 0 Å². The summed E-state index contributed by atoms with van der Waals surface area (Å²) in [6, 6.07) is 9.30. The van der Waals surface area contributed by atoms with Crippen molar-refractivity contribution in [1.29, 1.82) is 0 Å². The highest BCUT2D eigenvalue weighted by atomic mass is 32.2. The Hall–Kier alpha value is -1.13. The molecule has 1 aromatic carbocycles. The van der Waals surface area contributed by atoms with Crippen LogP contribution >= 0.6 is 0 Å². The molecule has 0 aliphatic rings. The normalized spacial score (nSPS) is 12.8. The molecular formula is C11H15NO2S. The fourth-order valence-corrected chi connectivity index (χ4v) is 2.07. The van der Waals surface area contributed by atoms with Crippen LogP contribution in [-0.4, -0.2) is 8.42 Å². The quantitative estimate of drug-likeness (QED) is 0.853. The van der Waals surface area contributed by atoms with Crippen LogP contribution in [0.5, 0.6) is 0 Å². The Bertz CT molecular complexity index is 435. The lowest BCUT2D eigenvalue weighted by molar-refractivity contribution is 0.601. The van der Waals surface area contributed by atoms with Crippen LogP contribution in [0.3, 0.4) is 0 Å². The number of benzene rings is 1. The monoisotopic (exact) mass is 225 g/mol. The van der Waals surface area contributed by atoms with E-state index in [2.05, 4.69) is 0 Å². The van der Waals surface area contributed by atoms with E-state index < -0.39 is 10.0 Å². The van der Waals surface area contributed by atoms with E-state index in [9.17, 15) is 8.42 Å². The number of rotatable bonds is 4. The van der Waals surface area contributed by atoms with Crippen LogP contribution < -0.4 is 5.14 Å². The smallest absolute Gasteiger partial charge is 0.225 e. The third kappa shape index (κ3) is 3.85. The molecule has 2 N–H and O–H groups in total. The zero-order valence-corrected chi connectivity index (χ0v) is 9.50. The highest BCUT2D eigenvalue weighted by molar-refractivity contribution is 7.93. The van der Waals surface area contributed by atoms with Gasteiger partial charge in [0.2, 0.25) is 10.0 Å². The lowest BCUT2D eigenvalue weighted by Gasteiger charge is -2.03. The molecule has 1 aromatic rings. The van der Waals surface area contributed by atoms with Gasteiger partial charge in [-0.2, -0.15) is 0 Å². The number of hydrogen-bond donors (Lipinski definition) is 1. The van der Waals surface area contributed by atoms with Crippen molar-refractivity contribution in [1.82, 2.24) is 0 Å². The first-order chi connectivity index (χ1) is 7.04. The highest BCUT2D eigenvalue weighted by Gasteiger charge is 2.10. The molecule has 82 valence electrons. The van der Waals surface area contributed by atoms with Crippen LogP contribution in [0.25, 0.3) is 6.08 Å². The van der Waals surface area contributed by atoms with Gasteiger partial charge in [-0.1, -0.05) is 43.7 Å². The molecule has 0 atom stereocenters. The minimum Gasteiger partial charge on any atom is -0.225 e. The van der Waals surface area contributed by atoms with Crippen LogP contribution in [0.1, 0.15) is 25.3 Å². The van der Waals surface area contributed by atoms with Crippen LogP contribution in [0.2, 0.25) is 0 Å². The third-order valence-corrected chi connectivity index (χ3v) is 3.04. The van der Waals surface area contributed by atoms with Gasteiger partial charge < -0.3 is 0 Å². The van der Waals surface area contributed by atoms with Gasteiger partial charge in [-0.25, -0.2) is 13.6 Å². The van der Waals surface area contributed by atoms with E-state index in [1.54, 1.807) is 6.08 Å². The molecule has 0 heterocycles. The molecule has 0 spiro atoms. The molecular weight excluding hydrogens is 210 g/mol. The third-order valence-electron chi connectivity index (χ3n) is 1.99. The Labute approximate surface area is 90.7 Å². The molecule has 0 aromatic heterocycles. The molecule has 0 radical (unpaired) electrons. The molecule has 0 aliphatic heterocycles. The molecule has 0 bridgehead atoms. The average molecular weight is 225 g/mol. The summed E-state index contributed by atoms with van der Waals surface area (Å²) in [6.45, 7) is 1.92. The molecule has 4 heteroatoms. The standard InChI is InChI=1S/C11H15NO2S/c1-2-6-11(15(12,13)14)9-10-7-4-3-5-8-10/h3-5,7-9H,2,6H2,1H3,(H2,12,13,14)/b11-9+. The predicted molar refractivity (Wildman–Crippen MR) is 62.4 cm³/mol. The fourth-order valence-electron chi connectivity index (χ4n) is 1.28. The first kappa shape index (κ1) is 11.9. The predicted octanol–water partition coefficient (Wildman–Crippen LogP) is 2.12. The van der Waals surface area contributed by atoms with Crippen molar-refractivity contribution in [2.24, 2.45) is 5.14 Å². The lowest BCUT2D eigenvalue weighted by Crippen LogP contribution is -2.14. The van der Waals surface area contributed by atoms with E-state index >= 15 is 0 Å². The highest BCUT2D eigenvalue weighted by Crippen LogP contribution is 2.15. The van der Waals surface area contributed by atoms with Crippen molar-refractivity contribution in [2.45, 2.75) is 19.8 Å². The lowest BCUT2D eigenvalue weighted by atomic mass is 10.2. The van der Waals surface area contributed by atoms with E-state index in [0.29, 0.717) is 6.42 Å². The van der Waals surface area contributed by atoms with Crippen molar-refractivity contribution in [3.05, 3.63) is 40.8 Å². The first-order valence-corrected chi connectivity index (χ1v) is 6.37. The largest absolute Gasteiger partial charge is 0.234 e. The van der Waals surface area contributed by atoms with Gasteiger partial charge in [-0.05, 0) is 18.1 Å². The summed E-state index contributed by atoms with van der Waals surface area (Å²) in [4.78, 5) is 0.288. The van der Waals surface area contributed by atoms with E-state index in [1.807, 2.05) is 37.3 Å². The van der Waals surface area contributed by atoms with Gasteiger partial charge in [-0.3, -0.25) is 0 Å². The van der Waals surface area contributed by atoms with E-state index in [4.69, 9.17) is 5.14 Å². The summed E-state index contributed by atoms with van der Waals surface area (Å²) < 4.78 is 22.5. The molecule has 3 nitrogen and oxygen atoms in total. The second kappa shape index (κ2) is 5.09. The average Bonchev–Trinajstić information content (AvgIpc) is 2.17. The summed E-state index contributed by atoms with van der Waals surface area (Å²) in [5.74, 6) is 0. The summed E-state index contributed by atoms with van der Waals surface area (Å²) in [5, 5.41) is 5.12. The van der Waals surface area contributed by atoms with Gasteiger partial charge >= 0.3 is 0 Å². The number of sulfonamides is 1. The minimum atomic E-state index is -3.56. The van der Waals surface area contributed by atoms with Crippen LogP contribution in [0, 0.1) is 0 Å². The number of nitrogens with two attached hydrogens (primary N) is 1. The number of allylic oxidation sites excluding steroid dienone is 1. The van der Waals surface area contributed by atoms with Gasteiger partial charge in [0.25, 0.3) is 0 Å². The van der Waals surface area contributed by atoms with Crippen molar-refractivity contribution in [3.8, 4) is 0 Å². The van der Waals surface area contributed by atoms with Gasteiger partial charge in [-0.15, -0.1) is 0 Å². The molecule has 0 aliphatic carbocycles. The molecule has 0 saturated heterocycles. The number of primary sulfonamides is 1.